The number of nitrogens with one attached hydrogen (secondary N) is 1. The standard InChI is InChI=1S/C18H21Cl2N3/c1-2-13-3-6-17(22-12-13)18(23-9-7-21-8-10-23)15-5-4-14(19)11-16(15)20/h3-6,11-12,18,21H,2,7-10H2,1H3. The number of hydrogen-bond acceptors (Lipinski definition) is 3. The maximum Gasteiger partial charge on any atom is 0.0791 e. The highest BCUT2D eigenvalue weighted by Crippen LogP contribution is 2.34. The normalized spacial score (nSPS) is 17.2. The summed E-state index contributed by atoms with van der Waals surface area (Å²) in [6.45, 7) is 6.05. The summed E-state index contributed by atoms with van der Waals surface area (Å²) in [5.74, 6) is 0. The van der Waals surface area contributed by atoms with Crippen molar-refractivity contribution >= 4 is 23.2 Å². The van der Waals surface area contributed by atoms with E-state index in [4.69, 9.17) is 28.2 Å². The molecule has 3 rings (SSSR count). The molecule has 1 unspecified atom stereocenters. The molecule has 0 aliphatic carbocycles. The third-order valence-corrected chi connectivity index (χ3v) is 4.87. The van der Waals surface area contributed by atoms with Gasteiger partial charge in [0.15, 0.2) is 0 Å². The van der Waals surface area contributed by atoms with Gasteiger partial charge >= 0.3 is 0 Å². The molecule has 1 aliphatic heterocycles. The van der Waals surface area contributed by atoms with Gasteiger partial charge in [0.2, 0.25) is 0 Å². The van der Waals surface area contributed by atoms with Crippen LogP contribution in [0.5, 0.6) is 0 Å². The van der Waals surface area contributed by atoms with E-state index in [1.54, 1.807) is 0 Å². The Balaban J connectivity index is 2.01. The SMILES string of the molecule is CCc1ccc(C(c2ccc(Cl)cc2Cl)N2CCNCC2)nc1. The van der Waals surface area contributed by atoms with Gasteiger partial charge in [0.05, 0.1) is 11.7 Å². The molecule has 5 heteroatoms. The van der Waals surface area contributed by atoms with Gasteiger partial charge in [-0.05, 0) is 35.7 Å². The van der Waals surface area contributed by atoms with Crippen LogP contribution >= 0.6 is 23.2 Å². The van der Waals surface area contributed by atoms with Gasteiger partial charge in [-0.25, -0.2) is 0 Å². The fourth-order valence-electron chi connectivity index (χ4n) is 3.01. The van der Waals surface area contributed by atoms with Gasteiger partial charge < -0.3 is 5.32 Å². The molecule has 0 saturated carbocycles. The average Bonchev–Trinajstić information content (AvgIpc) is 2.59. The summed E-state index contributed by atoms with van der Waals surface area (Å²) < 4.78 is 0. The highest BCUT2D eigenvalue weighted by atomic mass is 35.5. The molecule has 1 aromatic carbocycles. The molecule has 3 nitrogen and oxygen atoms in total. The second-order valence-corrected chi connectivity index (χ2v) is 6.64. The number of aromatic nitrogens is 1. The van der Waals surface area contributed by atoms with Crippen molar-refractivity contribution in [3.63, 3.8) is 0 Å². The molecular weight excluding hydrogens is 329 g/mol. The van der Waals surface area contributed by atoms with E-state index in [1.165, 1.54) is 5.56 Å². The van der Waals surface area contributed by atoms with Crippen LogP contribution < -0.4 is 5.32 Å². The summed E-state index contributed by atoms with van der Waals surface area (Å²) in [6.07, 6.45) is 2.96. The summed E-state index contributed by atoms with van der Waals surface area (Å²) in [4.78, 5) is 7.14. The zero-order chi connectivity index (χ0) is 16.2. The Labute approximate surface area is 147 Å². The fourth-order valence-corrected chi connectivity index (χ4v) is 3.53. The monoisotopic (exact) mass is 349 g/mol. The van der Waals surface area contributed by atoms with Gasteiger partial charge in [0, 0.05) is 42.4 Å². The quantitative estimate of drug-likeness (QED) is 0.905. The Hall–Kier alpha value is -1.13. The minimum absolute atomic E-state index is 0.0628. The number of nitrogens with zero attached hydrogens (tertiary/aromatic N) is 2. The fraction of sp³-hybridized carbons (Fsp3) is 0.389. The molecule has 2 heterocycles. The summed E-state index contributed by atoms with van der Waals surface area (Å²) in [7, 11) is 0. The summed E-state index contributed by atoms with van der Waals surface area (Å²) in [6, 6.07) is 10.1. The van der Waals surface area contributed by atoms with E-state index in [1.807, 2.05) is 24.4 Å². The van der Waals surface area contributed by atoms with Gasteiger partial charge in [-0.1, -0.05) is 42.3 Å². The van der Waals surface area contributed by atoms with Crippen LogP contribution in [0.3, 0.4) is 0 Å². The van der Waals surface area contributed by atoms with Gasteiger partial charge in [-0.3, -0.25) is 9.88 Å². The van der Waals surface area contributed by atoms with E-state index in [0.717, 1.165) is 43.9 Å². The lowest BCUT2D eigenvalue weighted by molar-refractivity contribution is 0.195. The summed E-state index contributed by atoms with van der Waals surface area (Å²) in [5, 5.41) is 4.75. The van der Waals surface area contributed by atoms with Crippen LogP contribution in [-0.2, 0) is 6.42 Å². The highest BCUT2D eigenvalue weighted by molar-refractivity contribution is 6.35. The first-order valence-corrected chi connectivity index (χ1v) is 8.79. The first kappa shape index (κ1) is 16.7. The van der Waals surface area contributed by atoms with E-state index >= 15 is 0 Å². The second kappa shape index (κ2) is 7.63. The largest absolute Gasteiger partial charge is 0.314 e. The Morgan fingerprint density at radius 2 is 1.96 bits per heavy atom. The molecule has 1 N–H and O–H groups in total. The number of piperazine rings is 1. The molecule has 1 saturated heterocycles. The topological polar surface area (TPSA) is 28.2 Å². The molecular formula is C18H21Cl2N3. The lowest BCUT2D eigenvalue weighted by Crippen LogP contribution is -2.45. The maximum atomic E-state index is 6.50. The predicted molar refractivity (Wildman–Crippen MR) is 96.4 cm³/mol. The van der Waals surface area contributed by atoms with Crippen molar-refractivity contribution in [2.45, 2.75) is 19.4 Å². The number of aryl methyl sites for hydroxylation is 1. The van der Waals surface area contributed by atoms with Gasteiger partial charge in [0.1, 0.15) is 0 Å². The lowest BCUT2D eigenvalue weighted by atomic mass is 9.99. The van der Waals surface area contributed by atoms with Crippen LogP contribution in [0.2, 0.25) is 10.0 Å². The molecule has 0 amide bonds. The van der Waals surface area contributed by atoms with Crippen molar-refractivity contribution in [3.05, 3.63) is 63.4 Å². The molecule has 0 bridgehead atoms. The molecule has 1 fully saturated rings. The molecule has 122 valence electrons. The molecule has 1 atom stereocenters. The number of rotatable bonds is 4. The van der Waals surface area contributed by atoms with Crippen LogP contribution in [0.4, 0.5) is 0 Å². The third-order valence-electron chi connectivity index (χ3n) is 4.31. The van der Waals surface area contributed by atoms with Gasteiger partial charge in [0.25, 0.3) is 0 Å². The summed E-state index contributed by atoms with van der Waals surface area (Å²) in [5.41, 5.74) is 3.35. The van der Waals surface area contributed by atoms with Crippen LogP contribution in [-0.4, -0.2) is 36.1 Å². The van der Waals surface area contributed by atoms with E-state index < -0.39 is 0 Å². The first-order chi connectivity index (χ1) is 11.2. The molecule has 1 aliphatic rings. The molecule has 2 aromatic rings. The molecule has 0 spiro atoms. The predicted octanol–water partition coefficient (Wildman–Crippen LogP) is 3.95. The zero-order valence-corrected chi connectivity index (χ0v) is 14.7. The number of benzene rings is 1. The smallest absolute Gasteiger partial charge is 0.0791 e. The van der Waals surface area contributed by atoms with E-state index in [0.29, 0.717) is 10.0 Å². The van der Waals surface area contributed by atoms with Crippen LogP contribution in [0.25, 0.3) is 0 Å². The maximum absolute atomic E-state index is 6.50. The minimum atomic E-state index is 0.0628. The van der Waals surface area contributed by atoms with Crippen LogP contribution in [0.15, 0.2) is 36.5 Å². The first-order valence-electron chi connectivity index (χ1n) is 8.03. The van der Waals surface area contributed by atoms with Crippen LogP contribution in [0.1, 0.15) is 29.8 Å². The van der Waals surface area contributed by atoms with E-state index in [-0.39, 0.29) is 6.04 Å². The zero-order valence-electron chi connectivity index (χ0n) is 13.2. The molecule has 0 radical (unpaired) electrons. The second-order valence-electron chi connectivity index (χ2n) is 5.80. The van der Waals surface area contributed by atoms with Crippen LogP contribution in [0, 0.1) is 0 Å². The number of hydrogen-bond donors (Lipinski definition) is 1. The van der Waals surface area contributed by atoms with E-state index in [2.05, 4.69) is 29.3 Å². The minimum Gasteiger partial charge on any atom is -0.314 e. The number of halogens is 2. The molecule has 1 aromatic heterocycles. The Kier molecular flexibility index (Phi) is 5.54. The van der Waals surface area contributed by atoms with Gasteiger partial charge in [-0.2, -0.15) is 0 Å². The van der Waals surface area contributed by atoms with Crippen molar-refractivity contribution < 1.29 is 0 Å². The van der Waals surface area contributed by atoms with Crippen molar-refractivity contribution in [3.8, 4) is 0 Å². The van der Waals surface area contributed by atoms with Gasteiger partial charge in [-0.15, -0.1) is 0 Å². The highest BCUT2D eigenvalue weighted by Gasteiger charge is 2.26. The Morgan fingerprint density at radius 3 is 2.57 bits per heavy atom. The third kappa shape index (κ3) is 3.86. The Bertz CT molecular complexity index is 652. The molecule has 23 heavy (non-hydrogen) atoms. The number of pyridine rings is 1. The van der Waals surface area contributed by atoms with E-state index in [9.17, 15) is 0 Å². The van der Waals surface area contributed by atoms with Crippen molar-refractivity contribution in [1.29, 1.82) is 0 Å². The Morgan fingerprint density at radius 1 is 1.17 bits per heavy atom. The summed E-state index contributed by atoms with van der Waals surface area (Å²) >= 11 is 12.6. The average molecular weight is 350 g/mol. The van der Waals surface area contributed by atoms with Crippen molar-refractivity contribution in [2.24, 2.45) is 0 Å². The van der Waals surface area contributed by atoms with Crippen molar-refractivity contribution in [1.82, 2.24) is 15.2 Å². The lowest BCUT2D eigenvalue weighted by Gasteiger charge is -2.35. The van der Waals surface area contributed by atoms with Crippen molar-refractivity contribution in [2.75, 3.05) is 26.2 Å².